The predicted molar refractivity (Wildman–Crippen MR) is 53.0 cm³/mol. The first-order chi connectivity index (χ1) is 6.50. The molecule has 0 radical (unpaired) electrons. The molecule has 0 fully saturated rings. The maximum atomic E-state index is 10.4. The van der Waals surface area contributed by atoms with E-state index in [1.165, 1.54) is 6.08 Å². The fourth-order valence-electron chi connectivity index (χ4n) is 0.857. The van der Waals surface area contributed by atoms with Crippen LogP contribution in [0.5, 0.6) is 0 Å². The third kappa shape index (κ3) is 5.46. The first-order valence-corrected chi connectivity index (χ1v) is 5.38. The van der Waals surface area contributed by atoms with Crippen molar-refractivity contribution in [1.82, 2.24) is 0 Å². The van der Waals surface area contributed by atoms with Crippen LogP contribution in [-0.4, -0.2) is 23.5 Å². The van der Waals surface area contributed by atoms with Gasteiger partial charge in [-0.25, -0.2) is 0 Å². The number of rotatable bonds is 3. The Labute approximate surface area is 111 Å². The summed E-state index contributed by atoms with van der Waals surface area (Å²) in [6, 6.07) is 8.86. The molecule has 1 rings (SSSR count). The van der Waals surface area contributed by atoms with E-state index >= 15 is 0 Å². The quantitative estimate of drug-likeness (QED) is 0.467. The average Bonchev–Trinajstić information content (AvgIpc) is 2.14. The van der Waals surface area contributed by atoms with Gasteiger partial charge in [0.1, 0.15) is 0 Å². The molecule has 0 heterocycles. The van der Waals surface area contributed by atoms with Gasteiger partial charge >= 0.3 is 29.6 Å². The molecule has 0 amide bonds. The maximum Gasteiger partial charge on any atom is 1.00 e. The minimum atomic E-state index is -4.40. The van der Waals surface area contributed by atoms with Gasteiger partial charge in [-0.05, 0) is 11.6 Å². The van der Waals surface area contributed by atoms with Gasteiger partial charge in [-0.3, -0.25) is 4.55 Å². The van der Waals surface area contributed by atoms with Gasteiger partial charge in [0.2, 0.25) is 0 Å². The van der Waals surface area contributed by atoms with Crippen LogP contribution in [0.2, 0.25) is 0 Å². The number of benzene rings is 1. The van der Waals surface area contributed by atoms with E-state index in [4.69, 9.17) is 9.66 Å². The van der Waals surface area contributed by atoms with Crippen molar-refractivity contribution in [2.75, 3.05) is 0 Å². The van der Waals surface area contributed by atoms with Crippen molar-refractivity contribution < 1.29 is 47.6 Å². The molecule has 2 N–H and O–H groups in total. The van der Waals surface area contributed by atoms with Gasteiger partial charge in [0.05, 0.1) is 0 Å². The van der Waals surface area contributed by atoms with Gasteiger partial charge in [-0.1, -0.05) is 36.4 Å². The average molecular weight is 237 g/mol. The van der Waals surface area contributed by atoms with Gasteiger partial charge in [0.25, 0.3) is 10.1 Å². The summed E-state index contributed by atoms with van der Waals surface area (Å²) in [4.78, 5) is 0. The molecule has 1 aromatic rings. The first kappa shape index (κ1) is 14.8. The number of aliphatic hydroxyl groups is 1. The van der Waals surface area contributed by atoms with E-state index in [-0.39, 0.29) is 29.6 Å². The molecule has 1 unspecified atom stereocenters. The van der Waals surface area contributed by atoms with Crippen LogP contribution >= 0.6 is 0 Å². The van der Waals surface area contributed by atoms with Crippen LogP contribution in [0.25, 0.3) is 6.08 Å². The second-order valence-corrected chi connectivity index (χ2v) is 4.19. The third-order valence-corrected chi connectivity index (χ3v) is 2.33. The second-order valence-electron chi connectivity index (χ2n) is 2.68. The van der Waals surface area contributed by atoms with Crippen LogP contribution in [0.15, 0.2) is 36.4 Å². The molecule has 1 aromatic carbocycles. The Morgan fingerprint density at radius 3 is 2.20 bits per heavy atom. The first-order valence-electron chi connectivity index (χ1n) is 3.88. The minimum Gasteiger partial charge on any atom is -0.372 e. The van der Waals surface area contributed by atoms with Crippen LogP contribution in [0.3, 0.4) is 0 Å². The number of hydrogen-bond acceptors (Lipinski definition) is 3. The number of aliphatic hydroxyl groups excluding tert-OH is 1. The molecule has 1 atom stereocenters. The van der Waals surface area contributed by atoms with Crippen LogP contribution in [-0.2, 0) is 10.1 Å². The van der Waals surface area contributed by atoms with Gasteiger partial charge in [-0.2, -0.15) is 8.42 Å². The van der Waals surface area contributed by atoms with Crippen molar-refractivity contribution in [2.45, 2.75) is 5.44 Å². The predicted octanol–water partition coefficient (Wildman–Crippen LogP) is -2.09. The van der Waals surface area contributed by atoms with E-state index < -0.39 is 15.6 Å². The monoisotopic (exact) mass is 237 g/mol. The summed E-state index contributed by atoms with van der Waals surface area (Å²) in [5, 5.41) is 8.92. The van der Waals surface area contributed by atoms with Gasteiger partial charge in [-0.15, -0.1) is 0 Å². The van der Waals surface area contributed by atoms with Crippen LogP contribution < -0.4 is 29.6 Å². The fraction of sp³-hybridized carbons (Fsp3) is 0.111. The summed E-state index contributed by atoms with van der Waals surface area (Å²) in [5.74, 6) is 0. The van der Waals surface area contributed by atoms with Crippen molar-refractivity contribution in [1.29, 1.82) is 0 Å². The Hall–Kier alpha value is -0.170. The van der Waals surface area contributed by atoms with Gasteiger partial charge in [0.15, 0.2) is 5.44 Å². The second kappa shape index (κ2) is 6.42. The van der Waals surface area contributed by atoms with Crippen LogP contribution in [0, 0.1) is 0 Å². The molecule has 0 aliphatic carbocycles. The molecule has 0 saturated carbocycles. The zero-order chi connectivity index (χ0) is 10.6. The summed E-state index contributed by atoms with van der Waals surface area (Å²) in [7, 11) is -4.40. The summed E-state index contributed by atoms with van der Waals surface area (Å²) in [5.41, 5.74) is -1.13. The van der Waals surface area contributed by atoms with E-state index in [1.54, 1.807) is 24.3 Å². The fourth-order valence-corrected chi connectivity index (χ4v) is 1.13. The third-order valence-electron chi connectivity index (χ3n) is 1.56. The molecule has 0 aliphatic heterocycles. The van der Waals surface area contributed by atoms with E-state index in [2.05, 4.69) is 0 Å². The molecule has 0 aliphatic rings. The Morgan fingerprint density at radius 1 is 1.20 bits per heavy atom. The summed E-state index contributed by atoms with van der Waals surface area (Å²) >= 11 is 0. The van der Waals surface area contributed by atoms with Gasteiger partial charge in [0, 0.05) is 0 Å². The SMILES string of the molecule is O=S(=O)(O)C(O)/C=C/c1ccccc1.[Na+]. The van der Waals surface area contributed by atoms with Gasteiger partial charge < -0.3 is 5.11 Å². The molecule has 0 aromatic heterocycles. The number of hydrogen-bond donors (Lipinski definition) is 2. The van der Waals surface area contributed by atoms with E-state index in [0.29, 0.717) is 0 Å². The molecule has 6 heteroatoms. The zero-order valence-corrected chi connectivity index (χ0v) is 11.1. The Balaban J connectivity index is 0.00000196. The normalized spacial score (nSPS) is 13.5. The van der Waals surface area contributed by atoms with Crippen molar-refractivity contribution in [3.63, 3.8) is 0 Å². The molecule has 76 valence electrons. The molecule has 0 spiro atoms. The molecule has 0 bridgehead atoms. The van der Waals surface area contributed by atoms with E-state index in [9.17, 15) is 8.42 Å². The van der Waals surface area contributed by atoms with Crippen LogP contribution in [0.1, 0.15) is 5.56 Å². The van der Waals surface area contributed by atoms with Crippen LogP contribution in [0.4, 0.5) is 0 Å². The summed E-state index contributed by atoms with van der Waals surface area (Å²) in [6.07, 6.45) is 2.42. The van der Waals surface area contributed by atoms with E-state index in [0.717, 1.165) is 11.6 Å². The summed E-state index contributed by atoms with van der Waals surface area (Å²) in [6.45, 7) is 0. The largest absolute Gasteiger partial charge is 1.00 e. The molecule has 15 heavy (non-hydrogen) atoms. The summed E-state index contributed by atoms with van der Waals surface area (Å²) < 4.78 is 29.2. The smallest absolute Gasteiger partial charge is 0.372 e. The topological polar surface area (TPSA) is 74.6 Å². The van der Waals surface area contributed by atoms with Crippen molar-refractivity contribution >= 4 is 16.2 Å². The molecular formula is C9H10NaO4S+. The van der Waals surface area contributed by atoms with Crippen molar-refractivity contribution in [3.05, 3.63) is 42.0 Å². The van der Waals surface area contributed by atoms with E-state index in [1.807, 2.05) is 6.07 Å². The molecular weight excluding hydrogens is 227 g/mol. The standard InChI is InChI=1S/C9H10O4S.Na/c10-9(14(11,12)13)7-6-8-4-2-1-3-5-8;/h1-7,9-10H,(H,11,12,13);/q;+1/b7-6+;. The minimum absolute atomic E-state index is 0. The van der Waals surface area contributed by atoms with Crippen molar-refractivity contribution in [2.24, 2.45) is 0 Å². The molecule has 4 nitrogen and oxygen atoms in total. The Kier molecular flexibility index (Phi) is 6.35. The van der Waals surface area contributed by atoms with Crippen molar-refractivity contribution in [3.8, 4) is 0 Å². The maximum absolute atomic E-state index is 10.4. The Bertz CT molecular complexity index is 413. The zero-order valence-electron chi connectivity index (χ0n) is 8.24. The molecule has 0 saturated heterocycles. The Morgan fingerprint density at radius 2 is 1.73 bits per heavy atom.